The number of halogens is 1. The lowest BCUT2D eigenvalue weighted by Crippen LogP contribution is -2.43. The summed E-state index contributed by atoms with van der Waals surface area (Å²) in [6.45, 7) is 9.29. The molecule has 0 unspecified atom stereocenters. The SMILES string of the molecule is CC[Si](CC)(CC)c1cc(C)c(Br)s1. The zero-order valence-electron chi connectivity index (χ0n) is 9.48. The summed E-state index contributed by atoms with van der Waals surface area (Å²) in [5.41, 5.74) is 1.41. The van der Waals surface area contributed by atoms with Crippen LogP contribution in [0.4, 0.5) is 0 Å². The first-order valence-electron chi connectivity index (χ1n) is 5.36. The van der Waals surface area contributed by atoms with E-state index in [2.05, 4.69) is 49.7 Å². The molecule has 0 saturated carbocycles. The lowest BCUT2D eigenvalue weighted by molar-refractivity contribution is 1.20. The Hall–Kier alpha value is 0.397. The smallest absolute Gasteiger partial charge is 0.0987 e. The zero-order chi connectivity index (χ0) is 10.8. The molecule has 0 N–H and O–H groups in total. The minimum Gasteiger partial charge on any atom is -0.138 e. The third-order valence-corrected chi connectivity index (χ3v) is 12.2. The maximum absolute atomic E-state index is 3.64. The summed E-state index contributed by atoms with van der Waals surface area (Å²) in [6, 6.07) is 6.56. The second-order valence-corrected chi connectivity index (χ2v) is 11.9. The second kappa shape index (κ2) is 4.95. The molecule has 0 saturated heterocycles. The Morgan fingerprint density at radius 3 is 2.00 bits per heavy atom. The number of rotatable bonds is 4. The number of hydrogen-bond acceptors (Lipinski definition) is 1. The molecule has 1 rings (SSSR count). The fourth-order valence-electron chi connectivity index (χ4n) is 1.99. The van der Waals surface area contributed by atoms with Gasteiger partial charge in [-0.25, -0.2) is 0 Å². The molecule has 1 heterocycles. The molecule has 0 fully saturated rings. The molecule has 3 heteroatoms. The van der Waals surface area contributed by atoms with E-state index in [4.69, 9.17) is 0 Å². The van der Waals surface area contributed by atoms with Crippen LogP contribution >= 0.6 is 27.3 Å². The topological polar surface area (TPSA) is 0 Å². The van der Waals surface area contributed by atoms with Crippen LogP contribution in [-0.2, 0) is 0 Å². The van der Waals surface area contributed by atoms with Gasteiger partial charge in [0.05, 0.1) is 11.9 Å². The predicted molar refractivity (Wildman–Crippen MR) is 73.6 cm³/mol. The van der Waals surface area contributed by atoms with Gasteiger partial charge in [0, 0.05) is 0 Å². The molecule has 0 aliphatic rings. The third-order valence-electron chi connectivity index (χ3n) is 3.41. The summed E-state index contributed by atoms with van der Waals surface area (Å²) in [5.74, 6) is 0. The van der Waals surface area contributed by atoms with Crippen molar-refractivity contribution in [1.82, 2.24) is 0 Å². The molecule has 0 aromatic carbocycles. The van der Waals surface area contributed by atoms with Crippen molar-refractivity contribution in [2.45, 2.75) is 45.8 Å². The molecule has 1 aromatic rings. The largest absolute Gasteiger partial charge is 0.138 e. The van der Waals surface area contributed by atoms with Crippen LogP contribution in [0.3, 0.4) is 0 Å². The van der Waals surface area contributed by atoms with Gasteiger partial charge in [-0.2, -0.15) is 0 Å². The molecule has 14 heavy (non-hydrogen) atoms. The molecular weight excluding hydrogens is 272 g/mol. The van der Waals surface area contributed by atoms with Gasteiger partial charge >= 0.3 is 0 Å². The van der Waals surface area contributed by atoms with Crippen LogP contribution in [0.15, 0.2) is 9.85 Å². The Morgan fingerprint density at radius 2 is 1.71 bits per heavy atom. The van der Waals surface area contributed by atoms with Crippen molar-refractivity contribution in [3.8, 4) is 0 Å². The summed E-state index contributed by atoms with van der Waals surface area (Å²) in [4.78, 5) is 0. The summed E-state index contributed by atoms with van der Waals surface area (Å²) in [5, 5.41) is 0. The maximum atomic E-state index is 3.64. The Bertz CT molecular complexity index is 274. The second-order valence-electron chi connectivity index (χ2n) is 3.91. The van der Waals surface area contributed by atoms with E-state index in [1.54, 1.807) is 4.50 Å². The number of thiophene rings is 1. The molecule has 0 atom stereocenters. The standard InChI is InChI=1S/C11H19BrSSi/c1-5-14(6-2,7-3)10-8-9(4)11(12)13-10/h8H,5-7H2,1-4H3. The van der Waals surface area contributed by atoms with Crippen molar-refractivity contribution < 1.29 is 0 Å². The van der Waals surface area contributed by atoms with E-state index in [1.807, 2.05) is 11.3 Å². The molecule has 0 spiro atoms. The van der Waals surface area contributed by atoms with Crippen LogP contribution in [0, 0.1) is 6.92 Å². The minimum atomic E-state index is -1.12. The highest BCUT2D eigenvalue weighted by Gasteiger charge is 2.31. The fraction of sp³-hybridized carbons (Fsp3) is 0.636. The minimum absolute atomic E-state index is 1.12. The summed E-state index contributed by atoms with van der Waals surface area (Å²) in [6.07, 6.45) is 0. The molecule has 80 valence electrons. The van der Waals surface area contributed by atoms with Gasteiger partial charge in [0.25, 0.3) is 0 Å². The fourth-order valence-corrected chi connectivity index (χ4v) is 9.27. The normalized spacial score (nSPS) is 12.1. The van der Waals surface area contributed by atoms with Crippen molar-refractivity contribution >= 4 is 39.8 Å². The third kappa shape index (κ3) is 2.15. The summed E-state index contributed by atoms with van der Waals surface area (Å²) in [7, 11) is -1.12. The number of hydrogen-bond donors (Lipinski definition) is 0. The van der Waals surface area contributed by atoms with Crippen molar-refractivity contribution in [2.75, 3.05) is 0 Å². The van der Waals surface area contributed by atoms with Crippen LogP contribution in [-0.4, -0.2) is 8.07 Å². The Morgan fingerprint density at radius 1 is 1.21 bits per heavy atom. The van der Waals surface area contributed by atoms with Gasteiger partial charge < -0.3 is 0 Å². The molecule has 0 bridgehead atoms. The van der Waals surface area contributed by atoms with Crippen LogP contribution in [0.25, 0.3) is 0 Å². The highest BCUT2D eigenvalue weighted by Crippen LogP contribution is 2.28. The van der Waals surface area contributed by atoms with Crippen molar-refractivity contribution in [3.05, 3.63) is 15.4 Å². The van der Waals surface area contributed by atoms with E-state index in [0.29, 0.717) is 0 Å². The zero-order valence-corrected chi connectivity index (χ0v) is 12.9. The summed E-state index contributed by atoms with van der Waals surface area (Å²) >= 11 is 5.61. The van der Waals surface area contributed by atoms with Crippen molar-refractivity contribution in [3.63, 3.8) is 0 Å². The first-order chi connectivity index (χ1) is 6.59. The molecule has 0 aliphatic carbocycles. The predicted octanol–water partition coefficient (Wildman–Crippen LogP) is 4.53. The van der Waals surface area contributed by atoms with E-state index in [0.717, 1.165) is 0 Å². The van der Waals surface area contributed by atoms with Gasteiger partial charge in [-0.05, 0) is 39.0 Å². The van der Waals surface area contributed by atoms with Crippen molar-refractivity contribution in [1.29, 1.82) is 0 Å². The van der Waals surface area contributed by atoms with E-state index >= 15 is 0 Å². The van der Waals surface area contributed by atoms with Gasteiger partial charge in [0.2, 0.25) is 0 Å². The first kappa shape index (κ1) is 12.5. The van der Waals surface area contributed by atoms with Gasteiger partial charge in [0.1, 0.15) is 0 Å². The van der Waals surface area contributed by atoms with Crippen LogP contribution in [0.2, 0.25) is 18.1 Å². The van der Waals surface area contributed by atoms with E-state index in [9.17, 15) is 0 Å². The Kier molecular flexibility index (Phi) is 4.41. The molecular formula is C11H19BrSSi. The quantitative estimate of drug-likeness (QED) is 0.715. The van der Waals surface area contributed by atoms with Crippen molar-refractivity contribution in [2.24, 2.45) is 0 Å². The maximum Gasteiger partial charge on any atom is 0.0987 e. The molecule has 0 nitrogen and oxygen atoms in total. The lowest BCUT2D eigenvalue weighted by Gasteiger charge is -2.26. The highest BCUT2D eigenvalue weighted by atomic mass is 79.9. The summed E-state index contributed by atoms with van der Waals surface area (Å²) < 4.78 is 3.02. The average molecular weight is 291 g/mol. The van der Waals surface area contributed by atoms with E-state index in [1.165, 1.54) is 27.5 Å². The molecule has 0 radical (unpaired) electrons. The van der Waals surface area contributed by atoms with Crippen LogP contribution in [0.5, 0.6) is 0 Å². The Labute approximate surface area is 101 Å². The van der Waals surface area contributed by atoms with Crippen LogP contribution in [0.1, 0.15) is 26.3 Å². The van der Waals surface area contributed by atoms with Gasteiger partial charge in [0.15, 0.2) is 0 Å². The lowest BCUT2D eigenvalue weighted by atomic mass is 10.4. The Balaban J connectivity index is 3.10. The molecule has 0 aliphatic heterocycles. The monoisotopic (exact) mass is 290 g/mol. The highest BCUT2D eigenvalue weighted by molar-refractivity contribution is 9.11. The molecule has 1 aromatic heterocycles. The first-order valence-corrected chi connectivity index (χ1v) is 9.59. The average Bonchev–Trinajstić information content (AvgIpc) is 2.51. The molecule has 0 amide bonds. The van der Waals surface area contributed by atoms with E-state index in [-0.39, 0.29) is 0 Å². The van der Waals surface area contributed by atoms with Gasteiger partial charge in [-0.15, -0.1) is 11.3 Å². The van der Waals surface area contributed by atoms with E-state index < -0.39 is 8.07 Å². The van der Waals surface area contributed by atoms with Crippen LogP contribution < -0.4 is 4.50 Å². The van der Waals surface area contributed by atoms with Gasteiger partial charge in [-0.1, -0.05) is 38.9 Å². The van der Waals surface area contributed by atoms with Gasteiger partial charge in [-0.3, -0.25) is 0 Å². The number of aryl methyl sites for hydroxylation is 1.